The van der Waals surface area contributed by atoms with Crippen LogP contribution in [0.5, 0.6) is 0 Å². The van der Waals surface area contributed by atoms with Crippen molar-refractivity contribution in [3.8, 4) is 0 Å². The van der Waals surface area contributed by atoms with Crippen LogP contribution in [0.4, 0.5) is 0 Å². The molecule has 1 aromatic rings. The number of ketones is 1. The maximum absolute atomic E-state index is 11.9. The van der Waals surface area contributed by atoms with Crippen molar-refractivity contribution in [1.82, 2.24) is 0 Å². The zero-order chi connectivity index (χ0) is 12.7. The summed E-state index contributed by atoms with van der Waals surface area (Å²) in [5, 5.41) is 0. The fourth-order valence-electron chi connectivity index (χ4n) is 1.88. The van der Waals surface area contributed by atoms with E-state index in [2.05, 4.69) is 26.0 Å². The Kier molecular flexibility index (Phi) is 5.96. The van der Waals surface area contributed by atoms with Crippen molar-refractivity contribution in [1.29, 1.82) is 0 Å². The highest BCUT2D eigenvalue weighted by Crippen LogP contribution is 2.14. The molecule has 94 valence electrons. The van der Waals surface area contributed by atoms with Crippen molar-refractivity contribution < 1.29 is 4.79 Å². The molecule has 0 fully saturated rings. The Morgan fingerprint density at radius 3 is 2.29 bits per heavy atom. The van der Waals surface area contributed by atoms with Crippen molar-refractivity contribution in [2.45, 2.75) is 52.9 Å². The quantitative estimate of drug-likeness (QED) is 0.494. The monoisotopic (exact) mass is 232 g/mol. The normalized spacial score (nSPS) is 12.4. The summed E-state index contributed by atoms with van der Waals surface area (Å²) in [5.74, 6) is 0.411. The molecule has 0 aromatic heterocycles. The third-order valence-corrected chi connectivity index (χ3v) is 3.37. The first-order valence-electron chi connectivity index (χ1n) is 6.82. The fraction of sp³-hybridized carbons (Fsp3) is 0.562. The minimum absolute atomic E-state index is 0.140. The lowest BCUT2D eigenvalue weighted by Gasteiger charge is -2.08. The SMILES string of the molecule is CCCCCc1ccc(C(=O)C(C)CC)cc1. The number of rotatable bonds is 7. The zero-order valence-corrected chi connectivity index (χ0v) is 11.3. The van der Waals surface area contributed by atoms with Gasteiger partial charge in [-0.15, -0.1) is 0 Å². The Bertz CT molecular complexity index is 337. The summed E-state index contributed by atoms with van der Waals surface area (Å²) in [6.07, 6.45) is 5.83. The Morgan fingerprint density at radius 1 is 1.12 bits per heavy atom. The minimum Gasteiger partial charge on any atom is -0.294 e. The van der Waals surface area contributed by atoms with E-state index in [-0.39, 0.29) is 11.7 Å². The number of carbonyl (C=O) groups excluding carboxylic acids is 1. The fourth-order valence-corrected chi connectivity index (χ4v) is 1.88. The van der Waals surface area contributed by atoms with Gasteiger partial charge in [0.05, 0.1) is 0 Å². The lowest BCUT2D eigenvalue weighted by molar-refractivity contribution is 0.0927. The molecule has 0 saturated carbocycles. The average Bonchev–Trinajstić information content (AvgIpc) is 2.38. The van der Waals surface area contributed by atoms with Crippen molar-refractivity contribution in [3.63, 3.8) is 0 Å². The third kappa shape index (κ3) is 4.33. The number of hydrogen-bond acceptors (Lipinski definition) is 1. The van der Waals surface area contributed by atoms with E-state index in [9.17, 15) is 4.79 Å². The summed E-state index contributed by atoms with van der Waals surface area (Å²) in [4.78, 5) is 11.9. The van der Waals surface area contributed by atoms with Crippen LogP contribution in [-0.4, -0.2) is 5.78 Å². The molecule has 1 heteroatoms. The lowest BCUT2D eigenvalue weighted by atomic mass is 9.96. The van der Waals surface area contributed by atoms with Gasteiger partial charge in [0.15, 0.2) is 5.78 Å². The van der Waals surface area contributed by atoms with Gasteiger partial charge in [0, 0.05) is 11.5 Å². The maximum Gasteiger partial charge on any atom is 0.165 e. The molecule has 0 spiro atoms. The van der Waals surface area contributed by atoms with Crippen molar-refractivity contribution in [2.75, 3.05) is 0 Å². The second-order valence-electron chi connectivity index (χ2n) is 4.83. The molecule has 1 unspecified atom stereocenters. The highest BCUT2D eigenvalue weighted by atomic mass is 16.1. The van der Waals surface area contributed by atoms with Gasteiger partial charge in [-0.2, -0.15) is 0 Å². The van der Waals surface area contributed by atoms with Crippen molar-refractivity contribution >= 4 is 5.78 Å². The first kappa shape index (κ1) is 14.0. The van der Waals surface area contributed by atoms with Crippen LogP contribution in [0.15, 0.2) is 24.3 Å². The molecule has 0 aliphatic carbocycles. The number of unbranched alkanes of at least 4 members (excludes halogenated alkanes) is 2. The van der Waals surface area contributed by atoms with Gasteiger partial charge in [-0.3, -0.25) is 4.79 Å². The zero-order valence-electron chi connectivity index (χ0n) is 11.3. The lowest BCUT2D eigenvalue weighted by Crippen LogP contribution is -2.09. The molecular formula is C16H24O. The second kappa shape index (κ2) is 7.26. The number of hydrogen-bond donors (Lipinski definition) is 0. The van der Waals surface area contributed by atoms with E-state index in [1.165, 1.54) is 24.8 Å². The van der Waals surface area contributed by atoms with Crippen LogP contribution in [0.3, 0.4) is 0 Å². The van der Waals surface area contributed by atoms with E-state index in [4.69, 9.17) is 0 Å². The maximum atomic E-state index is 11.9. The van der Waals surface area contributed by atoms with Crippen LogP contribution in [-0.2, 0) is 6.42 Å². The molecule has 0 bridgehead atoms. The summed E-state index contributed by atoms with van der Waals surface area (Å²) in [6, 6.07) is 8.17. The molecule has 1 nitrogen and oxygen atoms in total. The van der Waals surface area contributed by atoms with E-state index < -0.39 is 0 Å². The van der Waals surface area contributed by atoms with Crippen LogP contribution >= 0.6 is 0 Å². The van der Waals surface area contributed by atoms with Crippen LogP contribution in [0, 0.1) is 5.92 Å². The molecule has 0 heterocycles. The Hall–Kier alpha value is -1.11. The first-order valence-corrected chi connectivity index (χ1v) is 6.82. The van der Waals surface area contributed by atoms with E-state index in [0.29, 0.717) is 0 Å². The van der Waals surface area contributed by atoms with Gasteiger partial charge in [-0.05, 0) is 24.8 Å². The Morgan fingerprint density at radius 2 is 1.76 bits per heavy atom. The van der Waals surface area contributed by atoms with Crippen LogP contribution in [0.2, 0.25) is 0 Å². The number of benzene rings is 1. The van der Waals surface area contributed by atoms with Crippen LogP contribution in [0.25, 0.3) is 0 Å². The topological polar surface area (TPSA) is 17.1 Å². The average molecular weight is 232 g/mol. The van der Waals surface area contributed by atoms with E-state index in [1.807, 2.05) is 19.1 Å². The molecule has 0 radical (unpaired) electrons. The second-order valence-corrected chi connectivity index (χ2v) is 4.83. The van der Waals surface area contributed by atoms with Gasteiger partial charge < -0.3 is 0 Å². The summed E-state index contributed by atoms with van der Waals surface area (Å²) in [5.41, 5.74) is 2.21. The highest BCUT2D eigenvalue weighted by Gasteiger charge is 2.12. The predicted molar refractivity (Wildman–Crippen MR) is 73.5 cm³/mol. The van der Waals surface area contributed by atoms with Gasteiger partial charge >= 0.3 is 0 Å². The van der Waals surface area contributed by atoms with Crippen LogP contribution in [0.1, 0.15) is 62.4 Å². The molecule has 0 aliphatic rings. The molecule has 17 heavy (non-hydrogen) atoms. The Balaban J connectivity index is 2.58. The predicted octanol–water partition coefficient (Wildman–Crippen LogP) is 4.65. The van der Waals surface area contributed by atoms with Crippen molar-refractivity contribution in [3.05, 3.63) is 35.4 Å². The Labute approximate surface area is 105 Å². The van der Waals surface area contributed by atoms with E-state index >= 15 is 0 Å². The summed E-state index contributed by atoms with van der Waals surface area (Å²) < 4.78 is 0. The number of carbonyl (C=O) groups is 1. The third-order valence-electron chi connectivity index (χ3n) is 3.37. The number of aryl methyl sites for hydroxylation is 1. The number of Topliss-reactive ketones (excluding diaryl/α,β-unsaturated/α-hetero) is 1. The molecule has 0 amide bonds. The van der Waals surface area contributed by atoms with Crippen molar-refractivity contribution in [2.24, 2.45) is 5.92 Å². The van der Waals surface area contributed by atoms with Gasteiger partial charge in [0.1, 0.15) is 0 Å². The van der Waals surface area contributed by atoms with Gasteiger partial charge in [0.2, 0.25) is 0 Å². The standard InChI is InChI=1S/C16H24O/c1-4-6-7-8-14-9-11-15(12-10-14)16(17)13(3)5-2/h9-13H,4-8H2,1-3H3. The summed E-state index contributed by atoms with van der Waals surface area (Å²) >= 11 is 0. The summed E-state index contributed by atoms with van der Waals surface area (Å²) in [6.45, 7) is 6.27. The largest absolute Gasteiger partial charge is 0.294 e. The van der Waals surface area contributed by atoms with Gasteiger partial charge in [-0.25, -0.2) is 0 Å². The van der Waals surface area contributed by atoms with E-state index in [1.54, 1.807) is 0 Å². The van der Waals surface area contributed by atoms with Gasteiger partial charge in [-0.1, -0.05) is 57.9 Å². The molecule has 0 aliphatic heterocycles. The highest BCUT2D eigenvalue weighted by molar-refractivity contribution is 5.97. The van der Waals surface area contributed by atoms with Gasteiger partial charge in [0.25, 0.3) is 0 Å². The molecule has 1 rings (SSSR count). The smallest absolute Gasteiger partial charge is 0.165 e. The van der Waals surface area contributed by atoms with Crippen LogP contribution < -0.4 is 0 Å². The molecule has 1 atom stereocenters. The van der Waals surface area contributed by atoms with E-state index in [0.717, 1.165) is 18.4 Å². The molecule has 0 saturated heterocycles. The molecule has 1 aromatic carbocycles. The molecular weight excluding hydrogens is 208 g/mol. The summed E-state index contributed by atoms with van der Waals surface area (Å²) in [7, 11) is 0. The minimum atomic E-state index is 0.140. The molecule has 0 N–H and O–H groups in total. The first-order chi connectivity index (χ1) is 8.19.